The zero-order valence-corrected chi connectivity index (χ0v) is 7.87. The first-order valence-electron chi connectivity index (χ1n) is 4.30. The van der Waals surface area contributed by atoms with Crippen molar-refractivity contribution >= 4 is 6.29 Å². The highest BCUT2D eigenvalue weighted by atomic mass is 16.3. The molecule has 0 amide bonds. The van der Waals surface area contributed by atoms with Crippen molar-refractivity contribution in [2.45, 2.75) is 33.3 Å². The number of hydrogen-bond acceptors (Lipinski definition) is 2. The Bertz CT molecular complexity index is 216. The zero-order chi connectivity index (χ0) is 9.35. The van der Waals surface area contributed by atoms with Gasteiger partial charge in [-0.1, -0.05) is 25.5 Å². The second-order valence-electron chi connectivity index (χ2n) is 4.07. The maximum atomic E-state index is 10.4. The molecule has 2 nitrogen and oxygen atoms in total. The van der Waals surface area contributed by atoms with Crippen LogP contribution in [0.1, 0.15) is 27.2 Å². The first-order chi connectivity index (χ1) is 5.50. The van der Waals surface area contributed by atoms with Gasteiger partial charge in [-0.25, -0.2) is 0 Å². The molecule has 0 aromatic rings. The van der Waals surface area contributed by atoms with E-state index >= 15 is 0 Å². The summed E-state index contributed by atoms with van der Waals surface area (Å²) in [4.78, 5) is 10.4. The number of carbonyl (C=O) groups excluding carboxylic acids is 1. The van der Waals surface area contributed by atoms with E-state index in [1.807, 2.05) is 13.0 Å². The molecule has 0 aromatic carbocycles. The quantitative estimate of drug-likeness (QED) is 0.501. The van der Waals surface area contributed by atoms with Crippen molar-refractivity contribution < 1.29 is 9.90 Å². The molecule has 0 saturated heterocycles. The van der Waals surface area contributed by atoms with Gasteiger partial charge in [-0.05, 0) is 12.3 Å². The summed E-state index contributed by atoms with van der Waals surface area (Å²) in [7, 11) is 0. The maximum Gasteiger partial charge on any atom is 0.120 e. The van der Waals surface area contributed by atoms with Gasteiger partial charge in [0.05, 0.1) is 6.10 Å². The zero-order valence-electron chi connectivity index (χ0n) is 7.87. The van der Waals surface area contributed by atoms with Crippen LogP contribution in [0.15, 0.2) is 11.6 Å². The highest BCUT2D eigenvalue weighted by molar-refractivity contribution is 5.51. The van der Waals surface area contributed by atoms with Gasteiger partial charge in [0, 0.05) is 12.3 Å². The Morgan fingerprint density at radius 2 is 2.25 bits per heavy atom. The number of allylic oxidation sites excluding steroid dienone is 1. The molecule has 0 aromatic heterocycles. The van der Waals surface area contributed by atoms with Crippen molar-refractivity contribution in [1.29, 1.82) is 0 Å². The summed E-state index contributed by atoms with van der Waals surface area (Å²) in [6.45, 7) is 6.15. The van der Waals surface area contributed by atoms with Crippen molar-refractivity contribution in [3.8, 4) is 0 Å². The third-order valence-electron chi connectivity index (χ3n) is 3.13. The summed E-state index contributed by atoms with van der Waals surface area (Å²) < 4.78 is 0. The van der Waals surface area contributed by atoms with E-state index in [1.54, 1.807) is 0 Å². The number of hydrogen-bond donors (Lipinski definition) is 1. The Hall–Kier alpha value is -0.630. The SMILES string of the molecule is CC1=CC(O)C(CC=O)C1(C)C. The Morgan fingerprint density at radius 1 is 1.67 bits per heavy atom. The molecule has 0 fully saturated rings. The van der Waals surface area contributed by atoms with Gasteiger partial charge in [0.15, 0.2) is 0 Å². The van der Waals surface area contributed by atoms with Crippen LogP contribution in [0.4, 0.5) is 0 Å². The molecule has 0 saturated carbocycles. The molecule has 0 spiro atoms. The first kappa shape index (κ1) is 9.46. The van der Waals surface area contributed by atoms with Crippen molar-refractivity contribution in [3.63, 3.8) is 0 Å². The fraction of sp³-hybridized carbons (Fsp3) is 0.700. The second kappa shape index (κ2) is 3.02. The van der Waals surface area contributed by atoms with Gasteiger partial charge in [-0.3, -0.25) is 0 Å². The van der Waals surface area contributed by atoms with E-state index in [1.165, 1.54) is 5.57 Å². The van der Waals surface area contributed by atoms with Crippen LogP contribution in [-0.4, -0.2) is 17.5 Å². The largest absolute Gasteiger partial charge is 0.389 e. The van der Waals surface area contributed by atoms with Crippen LogP contribution in [0.25, 0.3) is 0 Å². The fourth-order valence-corrected chi connectivity index (χ4v) is 1.84. The fourth-order valence-electron chi connectivity index (χ4n) is 1.84. The van der Waals surface area contributed by atoms with Crippen LogP contribution in [0.3, 0.4) is 0 Å². The van der Waals surface area contributed by atoms with Crippen molar-refractivity contribution in [1.82, 2.24) is 0 Å². The molecular formula is C10H16O2. The van der Waals surface area contributed by atoms with E-state index in [9.17, 15) is 9.90 Å². The monoisotopic (exact) mass is 168 g/mol. The predicted molar refractivity (Wildman–Crippen MR) is 47.7 cm³/mol. The summed E-state index contributed by atoms with van der Waals surface area (Å²) in [6.07, 6.45) is 2.75. The van der Waals surface area contributed by atoms with Crippen LogP contribution >= 0.6 is 0 Å². The maximum absolute atomic E-state index is 10.4. The third kappa shape index (κ3) is 1.31. The standard InChI is InChI=1S/C10H16O2/c1-7-6-9(12)8(4-5-11)10(7,2)3/h5-6,8-9,12H,4H2,1-3H3. The summed E-state index contributed by atoms with van der Waals surface area (Å²) in [6, 6.07) is 0. The Kier molecular flexibility index (Phi) is 2.38. The number of aldehydes is 1. The Labute approximate surface area is 73.3 Å². The van der Waals surface area contributed by atoms with E-state index < -0.39 is 6.10 Å². The van der Waals surface area contributed by atoms with Crippen LogP contribution in [-0.2, 0) is 4.79 Å². The molecule has 2 atom stereocenters. The lowest BCUT2D eigenvalue weighted by molar-refractivity contribution is -0.110. The third-order valence-corrected chi connectivity index (χ3v) is 3.13. The summed E-state index contributed by atoms with van der Waals surface area (Å²) in [5.41, 5.74) is 1.15. The van der Waals surface area contributed by atoms with Gasteiger partial charge < -0.3 is 9.90 Å². The number of aliphatic hydroxyl groups is 1. The molecule has 0 heterocycles. The van der Waals surface area contributed by atoms with Gasteiger partial charge in [0.25, 0.3) is 0 Å². The lowest BCUT2D eigenvalue weighted by atomic mass is 9.76. The topological polar surface area (TPSA) is 37.3 Å². The lowest BCUT2D eigenvalue weighted by Crippen LogP contribution is -2.28. The highest BCUT2D eigenvalue weighted by Gasteiger charge is 2.40. The molecule has 1 aliphatic carbocycles. The average molecular weight is 168 g/mol. The Morgan fingerprint density at radius 3 is 2.58 bits per heavy atom. The smallest absolute Gasteiger partial charge is 0.120 e. The summed E-state index contributed by atoms with van der Waals surface area (Å²) >= 11 is 0. The molecule has 1 aliphatic rings. The minimum absolute atomic E-state index is 0.0275. The molecule has 1 N–H and O–H groups in total. The molecule has 12 heavy (non-hydrogen) atoms. The van der Waals surface area contributed by atoms with Crippen LogP contribution in [0.5, 0.6) is 0 Å². The number of carbonyl (C=O) groups is 1. The molecular weight excluding hydrogens is 152 g/mol. The van der Waals surface area contributed by atoms with Gasteiger partial charge in [-0.15, -0.1) is 0 Å². The Balaban J connectivity index is 2.83. The van der Waals surface area contributed by atoms with E-state index in [2.05, 4.69) is 13.8 Å². The highest BCUT2D eigenvalue weighted by Crippen LogP contribution is 2.44. The average Bonchev–Trinajstić information content (AvgIpc) is 2.14. The van der Waals surface area contributed by atoms with Crippen LogP contribution < -0.4 is 0 Å². The number of rotatable bonds is 2. The first-order valence-corrected chi connectivity index (χ1v) is 4.30. The molecule has 0 radical (unpaired) electrons. The van der Waals surface area contributed by atoms with E-state index in [-0.39, 0.29) is 11.3 Å². The minimum Gasteiger partial charge on any atom is -0.389 e. The van der Waals surface area contributed by atoms with Crippen molar-refractivity contribution in [3.05, 3.63) is 11.6 Å². The minimum atomic E-state index is -0.440. The lowest BCUT2D eigenvalue weighted by Gasteiger charge is -2.29. The second-order valence-corrected chi connectivity index (χ2v) is 4.07. The van der Waals surface area contributed by atoms with E-state index in [4.69, 9.17) is 0 Å². The van der Waals surface area contributed by atoms with E-state index in [0.717, 1.165) is 6.29 Å². The summed E-state index contributed by atoms with van der Waals surface area (Å²) in [5.74, 6) is 0.0648. The molecule has 2 unspecified atom stereocenters. The van der Waals surface area contributed by atoms with Crippen molar-refractivity contribution in [2.24, 2.45) is 11.3 Å². The predicted octanol–water partition coefficient (Wildman–Crippen LogP) is 1.54. The molecule has 68 valence electrons. The van der Waals surface area contributed by atoms with Crippen molar-refractivity contribution in [2.75, 3.05) is 0 Å². The number of aliphatic hydroxyl groups excluding tert-OH is 1. The van der Waals surface area contributed by atoms with Crippen LogP contribution in [0, 0.1) is 11.3 Å². The molecule has 1 rings (SSSR count). The molecule has 2 heteroatoms. The van der Waals surface area contributed by atoms with Gasteiger partial charge in [0.1, 0.15) is 6.29 Å². The normalized spacial score (nSPS) is 33.2. The van der Waals surface area contributed by atoms with Gasteiger partial charge in [0.2, 0.25) is 0 Å². The molecule has 0 aliphatic heterocycles. The van der Waals surface area contributed by atoms with E-state index in [0.29, 0.717) is 6.42 Å². The van der Waals surface area contributed by atoms with Crippen LogP contribution in [0.2, 0.25) is 0 Å². The summed E-state index contributed by atoms with van der Waals surface area (Å²) in [5, 5.41) is 9.59. The molecule has 0 bridgehead atoms. The van der Waals surface area contributed by atoms with Gasteiger partial charge >= 0.3 is 0 Å². The van der Waals surface area contributed by atoms with Gasteiger partial charge in [-0.2, -0.15) is 0 Å².